The molecule has 108 valence electrons. The molecule has 2 aromatic heterocycles. The number of imidazole rings is 1. The van der Waals surface area contributed by atoms with Crippen molar-refractivity contribution in [1.82, 2.24) is 14.7 Å². The van der Waals surface area contributed by atoms with Crippen molar-refractivity contribution in [2.45, 2.75) is 26.8 Å². The third kappa shape index (κ3) is 2.97. The largest absolute Gasteiger partial charge is 0.352 e. The summed E-state index contributed by atoms with van der Waals surface area (Å²) in [4.78, 5) is 18.2. The summed E-state index contributed by atoms with van der Waals surface area (Å²) in [7, 11) is 0. The molecule has 0 aliphatic rings. The molecule has 1 amide bonds. The number of carbonyl (C=O) groups excluding carboxylic acids is 1. The molecule has 1 aromatic carbocycles. The first-order valence-corrected chi connectivity index (χ1v) is 7.78. The molecule has 0 aliphatic heterocycles. The van der Waals surface area contributed by atoms with E-state index in [-0.39, 0.29) is 5.91 Å². The van der Waals surface area contributed by atoms with Gasteiger partial charge in [-0.3, -0.25) is 9.20 Å². The molecule has 0 radical (unpaired) electrons. The van der Waals surface area contributed by atoms with Crippen LogP contribution in [0.25, 0.3) is 16.2 Å². The summed E-state index contributed by atoms with van der Waals surface area (Å²) in [6.07, 6.45) is 4.64. The summed E-state index contributed by atoms with van der Waals surface area (Å²) in [5, 5.41) is 2.89. The Hall–Kier alpha value is -2.14. The predicted molar refractivity (Wildman–Crippen MR) is 85.4 cm³/mol. The summed E-state index contributed by atoms with van der Waals surface area (Å²) >= 11 is 1.68. The van der Waals surface area contributed by atoms with Gasteiger partial charge in [0.2, 0.25) is 5.91 Å². The van der Waals surface area contributed by atoms with Crippen LogP contribution in [0, 0.1) is 6.92 Å². The van der Waals surface area contributed by atoms with E-state index in [2.05, 4.69) is 33.9 Å². The van der Waals surface area contributed by atoms with E-state index in [4.69, 9.17) is 0 Å². The van der Waals surface area contributed by atoms with E-state index in [9.17, 15) is 4.79 Å². The van der Waals surface area contributed by atoms with Crippen LogP contribution < -0.4 is 5.32 Å². The lowest BCUT2D eigenvalue weighted by molar-refractivity contribution is -0.120. The number of benzene rings is 1. The molecule has 3 rings (SSSR count). The van der Waals surface area contributed by atoms with E-state index < -0.39 is 0 Å². The average Bonchev–Trinajstić information content (AvgIpc) is 3.02. The first-order valence-electron chi connectivity index (χ1n) is 6.97. The Morgan fingerprint density at radius 1 is 1.38 bits per heavy atom. The Morgan fingerprint density at radius 2 is 2.24 bits per heavy atom. The smallest absolute Gasteiger partial charge is 0.219 e. The maximum atomic E-state index is 11.3. The van der Waals surface area contributed by atoms with Crippen molar-refractivity contribution in [3.05, 3.63) is 47.1 Å². The molecule has 21 heavy (non-hydrogen) atoms. The first-order chi connectivity index (χ1) is 10.2. The summed E-state index contributed by atoms with van der Waals surface area (Å²) in [5.74, 6) is 0.0679. The average molecular weight is 299 g/mol. The van der Waals surface area contributed by atoms with Crippen LogP contribution in [-0.4, -0.2) is 15.3 Å². The van der Waals surface area contributed by atoms with E-state index in [1.807, 2.05) is 31.3 Å². The normalized spacial score (nSPS) is 11.0. The summed E-state index contributed by atoms with van der Waals surface area (Å²) in [6, 6.07) is 8.14. The lowest BCUT2D eigenvalue weighted by Gasteiger charge is -2.05. The Morgan fingerprint density at radius 3 is 3.00 bits per heavy atom. The number of fused-ring (bicyclic) bond motifs is 1. The minimum absolute atomic E-state index is 0.0679. The van der Waals surface area contributed by atoms with Crippen molar-refractivity contribution in [1.29, 1.82) is 0 Å². The van der Waals surface area contributed by atoms with Crippen LogP contribution in [0.3, 0.4) is 0 Å². The maximum absolute atomic E-state index is 11.3. The number of rotatable bonds is 4. The molecule has 0 atom stereocenters. The van der Waals surface area contributed by atoms with Gasteiger partial charge in [0.1, 0.15) is 0 Å². The van der Waals surface area contributed by atoms with Crippen molar-refractivity contribution < 1.29 is 4.79 Å². The van der Waals surface area contributed by atoms with E-state index in [0.29, 0.717) is 13.0 Å². The van der Waals surface area contributed by atoms with Gasteiger partial charge in [-0.15, -0.1) is 11.3 Å². The van der Waals surface area contributed by atoms with Gasteiger partial charge in [0, 0.05) is 35.8 Å². The zero-order valence-corrected chi connectivity index (χ0v) is 12.9. The fourth-order valence-electron chi connectivity index (χ4n) is 2.22. The Bertz CT molecular complexity index is 756. The molecule has 0 saturated carbocycles. The van der Waals surface area contributed by atoms with Crippen molar-refractivity contribution in [3.63, 3.8) is 0 Å². The molecule has 0 bridgehead atoms. The van der Waals surface area contributed by atoms with Crippen LogP contribution in [0.4, 0.5) is 0 Å². The van der Waals surface area contributed by atoms with E-state index in [1.165, 1.54) is 4.88 Å². The number of thiazole rings is 1. The monoisotopic (exact) mass is 299 g/mol. The molecule has 0 aliphatic carbocycles. The molecule has 4 nitrogen and oxygen atoms in total. The van der Waals surface area contributed by atoms with Crippen LogP contribution >= 0.6 is 11.3 Å². The Labute approximate surface area is 127 Å². The van der Waals surface area contributed by atoms with Gasteiger partial charge in [-0.25, -0.2) is 4.98 Å². The molecule has 0 spiro atoms. The van der Waals surface area contributed by atoms with Crippen molar-refractivity contribution in [2.75, 3.05) is 0 Å². The van der Waals surface area contributed by atoms with E-state index in [1.54, 1.807) is 11.3 Å². The topological polar surface area (TPSA) is 46.4 Å². The highest BCUT2D eigenvalue weighted by Gasteiger charge is 2.07. The van der Waals surface area contributed by atoms with Crippen LogP contribution in [0.15, 0.2) is 36.7 Å². The van der Waals surface area contributed by atoms with Crippen LogP contribution in [0.1, 0.15) is 23.8 Å². The minimum atomic E-state index is 0.0679. The maximum Gasteiger partial charge on any atom is 0.219 e. The number of nitrogens with one attached hydrogen (secondary N) is 1. The zero-order chi connectivity index (χ0) is 14.8. The highest BCUT2D eigenvalue weighted by molar-refractivity contribution is 7.17. The van der Waals surface area contributed by atoms with E-state index in [0.717, 1.165) is 21.8 Å². The summed E-state index contributed by atoms with van der Waals surface area (Å²) < 4.78 is 2.06. The fourth-order valence-corrected chi connectivity index (χ4v) is 3.03. The van der Waals surface area contributed by atoms with Gasteiger partial charge in [0.05, 0.1) is 5.69 Å². The third-order valence-corrected chi connectivity index (χ3v) is 4.22. The standard InChI is InChI=1S/C16H17N3OS/c1-3-15(20)17-8-12-5-4-6-13(7-12)14-10-19-9-11(2)21-16(19)18-14/h4-7,9-10H,3,8H2,1-2H3,(H,17,20). The Kier molecular flexibility index (Phi) is 3.75. The van der Waals surface area contributed by atoms with Crippen LogP contribution in [-0.2, 0) is 11.3 Å². The number of aromatic nitrogens is 2. The second kappa shape index (κ2) is 5.69. The Balaban J connectivity index is 1.84. The number of carbonyl (C=O) groups is 1. The van der Waals surface area contributed by atoms with Gasteiger partial charge in [-0.2, -0.15) is 0 Å². The number of nitrogens with zero attached hydrogens (tertiary/aromatic N) is 2. The number of aryl methyl sites for hydroxylation is 1. The van der Waals surface area contributed by atoms with Gasteiger partial charge in [-0.05, 0) is 18.6 Å². The summed E-state index contributed by atoms with van der Waals surface area (Å²) in [5.41, 5.74) is 3.12. The van der Waals surface area contributed by atoms with Crippen molar-refractivity contribution >= 4 is 22.2 Å². The quantitative estimate of drug-likeness (QED) is 0.802. The summed E-state index contributed by atoms with van der Waals surface area (Å²) in [6.45, 7) is 4.49. The molecule has 3 aromatic rings. The van der Waals surface area contributed by atoms with E-state index >= 15 is 0 Å². The van der Waals surface area contributed by atoms with Crippen molar-refractivity contribution in [3.8, 4) is 11.3 Å². The molecule has 2 heterocycles. The number of hydrogen-bond acceptors (Lipinski definition) is 3. The molecule has 5 heteroatoms. The molecule has 0 fully saturated rings. The third-order valence-electron chi connectivity index (χ3n) is 3.31. The molecule has 0 unspecified atom stereocenters. The zero-order valence-electron chi connectivity index (χ0n) is 12.1. The van der Waals surface area contributed by atoms with Gasteiger partial charge in [-0.1, -0.05) is 25.1 Å². The van der Waals surface area contributed by atoms with Gasteiger partial charge >= 0.3 is 0 Å². The second-order valence-corrected chi connectivity index (χ2v) is 6.20. The van der Waals surface area contributed by atoms with Crippen LogP contribution in [0.5, 0.6) is 0 Å². The highest BCUT2D eigenvalue weighted by atomic mass is 32.1. The molecule has 0 saturated heterocycles. The molecular weight excluding hydrogens is 282 g/mol. The molecule has 1 N–H and O–H groups in total. The minimum Gasteiger partial charge on any atom is -0.352 e. The predicted octanol–water partition coefficient (Wildman–Crippen LogP) is 3.40. The number of amides is 1. The lowest BCUT2D eigenvalue weighted by atomic mass is 10.1. The number of hydrogen-bond donors (Lipinski definition) is 1. The van der Waals surface area contributed by atoms with Gasteiger partial charge in [0.15, 0.2) is 4.96 Å². The molecular formula is C16H17N3OS. The fraction of sp³-hybridized carbons (Fsp3) is 0.250. The van der Waals surface area contributed by atoms with Crippen LogP contribution in [0.2, 0.25) is 0 Å². The lowest BCUT2D eigenvalue weighted by Crippen LogP contribution is -2.21. The van der Waals surface area contributed by atoms with Gasteiger partial charge < -0.3 is 5.32 Å². The SMILES string of the molecule is CCC(=O)NCc1cccc(-c2cn3cc(C)sc3n2)c1. The highest BCUT2D eigenvalue weighted by Crippen LogP contribution is 2.24. The van der Waals surface area contributed by atoms with Crippen molar-refractivity contribution in [2.24, 2.45) is 0 Å². The van der Waals surface area contributed by atoms with Gasteiger partial charge in [0.25, 0.3) is 0 Å². The first kappa shape index (κ1) is 13.8. The second-order valence-electron chi connectivity index (χ2n) is 4.99.